The first-order valence-electron chi connectivity index (χ1n) is 13.8. The van der Waals surface area contributed by atoms with E-state index in [1.165, 1.54) is 29.5 Å². The van der Waals surface area contributed by atoms with Crippen LogP contribution in [0, 0.1) is 19.8 Å². The number of tetrazole rings is 1. The summed E-state index contributed by atoms with van der Waals surface area (Å²) in [6.45, 7) is 6.04. The number of aromatic amines is 1. The zero-order valence-electron chi connectivity index (χ0n) is 21.9. The van der Waals surface area contributed by atoms with E-state index < -0.39 is 0 Å². The van der Waals surface area contributed by atoms with Crippen LogP contribution in [0.4, 0.5) is 0 Å². The number of pyridine rings is 1. The van der Waals surface area contributed by atoms with Gasteiger partial charge in [0.1, 0.15) is 6.04 Å². The maximum Gasteiger partial charge on any atom is 0.253 e. The van der Waals surface area contributed by atoms with E-state index in [0.717, 1.165) is 67.5 Å². The van der Waals surface area contributed by atoms with Crippen molar-refractivity contribution in [3.8, 4) is 0 Å². The molecule has 37 heavy (non-hydrogen) atoms. The maximum atomic E-state index is 13.6. The number of hydrogen-bond donors (Lipinski definition) is 1. The van der Waals surface area contributed by atoms with Gasteiger partial charge in [-0.1, -0.05) is 43.2 Å². The minimum absolute atomic E-state index is 0.0480. The first kappa shape index (κ1) is 24.0. The second-order valence-corrected chi connectivity index (χ2v) is 11.1. The average molecular weight is 497 g/mol. The third-order valence-electron chi connectivity index (χ3n) is 8.60. The van der Waals surface area contributed by atoms with Crippen LogP contribution in [-0.2, 0) is 6.42 Å². The zero-order valence-corrected chi connectivity index (χ0v) is 21.9. The van der Waals surface area contributed by atoms with Crippen molar-refractivity contribution < 1.29 is 0 Å². The molecule has 2 aliphatic rings. The van der Waals surface area contributed by atoms with Crippen molar-refractivity contribution in [1.29, 1.82) is 0 Å². The van der Waals surface area contributed by atoms with Gasteiger partial charge in [-0.2, -0.15) is 0 Å². The van der Waals surface area contributed by atoms with E-state index in [9.17, 15) is 4.79 Å². The van der Waals surface area contributed by atoms with E-state index >= 15 is 0 Å². The second kappa shape index (κ2) is 10.2. The molecule has 1 saturated heterocycles. The van der Waals surface area contributed by atoms with Crippen LogP contribution in [0.15, 0.2) is 53.3 Å². The average Bonchev–Trinajstić information content (AvgIpc) is 3.60. The van der Waals surface area contributed by atoms with Gasteiger partial charge in [0.05, 0.1) is 6.04 Å². The van der Waals surface area contributed by atoms with E-state index in [2.05, 4.69) is 87.8 Å². The van der Waals surface area contributed by atoms with Crippen LogP contribution in [-0.4, -0.2) is 43.2 Å². The smallest absolute Gasteiger partial charge is 0.253 e. The first-order valence-corrected chi connectivity index (χ1v) is 13.8. The van der Waals surface area contributed by atoms with E-state index in [-0.39, 0.29) is 11.6 Å². The summed E-state index contributed by atoms with van der Waals surface area (Å²) in [5.74, 6) is 1.45. The molecule has 1 saturated carbocycles. The van der Waals surface area contributed by atoms with Crippen LogP contribution in [0.3, 0.4) is 0 Å². The number of hydrogen-bond acceptors (Lipinski definition) is 5. The van der Waals surface area contributed by atoms with Crippen LogP contribution >= 0.6 is 0 Å². The monoisotopic (exact) mass is 496 g/mol. The molecule has 1 aliphatic carbocycles. The normalized spacial score (nSPS) is 18.5. The molecule has 1 atom stereocenters. The number of piperidine rings is 1. The lowest BCUT2D eigenvalue weighted by molar-refractivity contribution is 0.141. The molecular weight excluding hydrogens is 460 g/mol. The first-order chi connectivity index (χ1) is 18.1. The summed E-state index contributed by atoms with van der Waals surface area (Å²) in [7, 11) is 0. The quantitative estimate of drug-likeness (QED) is 0.392. The molecule has 1 N–H and O–H groups in total. The molecule has 3 heterocycles. The molecule has 6 rings (SSSR count). The van der Waals surface area contributed by atoms with Gasteiger partial charge in [0.25, 0.3) is 5.56 Å². The molecule has 4 aromatic rings. The van der Waals surface area contributed by atoms with Crippen LogP contribution in [0.1, 0.15) is 78.7 Å². The van der Waals surface area contributed by atoms with Crippen LogP contribution < -0.4 is 5.56 Å². The Bertz CT molecular complexity index is 1430. The minimum Gasteiger partial charge on any atom is -0.322 e. The summed E-state index contributed by atoms with van der Waals surface area (Å²) in [5, 5.41) is 14.2. The summed E-state index contributed by atoms with van der Waals surface area (Å²) < 4.78 is 2.03. The van der Waals surface area contributed by atoms with E-state index in [1.54, 1.807) is 0 Å². The van der Waals surface area contributed by atoms with Crippen molar-refractivity contribution in [2.75, 3.05) is 13.1 Å². The Kier molecular flexibility index (Phi) is 6.63. The number of aryl methyl sites for hydroxylation is 2. The number of benzene rings is 2. The number of fused-ring (bicyclic) bond motifs is 1. The van der Waals surface area contributed by atoms with Crippen LogP contribution in [0.2, 0.25) is 0 Å². The Balaban J connectivity index is 1.36. The summed E-state index contributed by atoms with van der Waals surface area (Å²) in [6.07, 6.45) is 7.89. The predicted molar refractivity (Wildman–Crippen MR) is 146 cm³/mol. The zero-order chi connectivity index (χ0) is 25.4. The molecular formula is C30H36N6O. The molecule has 0 amide bonds. The van der Waals surface area contributed by atoms with Crippen molar-refractivity contribution in [3.63, 3.8) is 0 Å². The molecule has 1 aliphatic heterocycles. The highest BCUT2D eigenvalue weighted by molar-refractivity contribution is 5.81. The molecule has 2 aromatic carbocycles. The van der Waals surface area contributed by atoms with Gasteiger partial charge in [0, 0.05) is 11.1 Å². The summed E-state index contributed by atoms with van der Waals surface area (Å²) in [5.41, 5.74) is 5.38. The SMILES string of the molecule is Cc1cc2cc(C(c3nnnn3C3CCCC3)N3CCC(Cc4ccccc4)CC3)c(=O)[nH]c2cc1C. The summed E-state index contributed by atoms with van der Waals surface area (Å²) >= 11 is 0. The number of nitrogens with one attached hydrogen (secondary N) is 1. The third kappa shape index (κ3) is 4.85. The highest BCUT2D eigenvalue weighted by Crippen LogP contribution is 2.36. The fraction of sp³-hybridized carbons (Fsp3) is 0.467. The number of aromatic nitrogens is 5. The summed E-state index contributed by atoms with van der Waals surface area (Å²) in [6, 6.07) is 17.2. The van der Waals surface area contributed by atoms with Gasteiger partial charge < -0.3 is 4.98 Å². The Labute approximate surface area is 217 Å². The molecule has 0 spiro atoms. The lowest BCUT2D eigenvalue weighted by atomic mass is 9.88. The highest BCUT2D eigenvalue weighted by Gasteiger charge is 2.35. The van der Waals surface area contributed by atoms with Gasteiger partial charge in [-0.25, -0.2) is 4.68 Å². The van der Waals surface area contributed by atoms with E-state index in [0.29, 0.717) is 12.0 Å². The van der Waals surface area contributed by atoms with Crippen molar-refractivity contribution in [3.05, 3.63) is 87.0 Å². The lowest BCUT2D eigenvalue weighted by Crippen LogP contribution is -2.41. The lowest BCUT2D eigenvalue weighted by Gasteiger charge is -2.37. The molecule has 1 unspecified atom stereocenters. The predicted octanol–water partition coefficient (Wildman–Crippen LogP) is 5.29. The van der Waals surface area contributed by atoms with Crippen molar-refractivity contribution in [1.82, 2.24) is 30.1 Å². The number of nitrogens with zero attached hydrogens (tertiary/aromatic N) is 5. The molecule has 192 valence electrons. The van der Waals surface area contributed by atoms with Gasteiger partial charge in [0.15, 0.2) is 5.82 Å². The minimum atomic E-state index is -0.261. The number of likely N-dealkylation sites (tertiary alicyclic amines) is 1. The molecule has 7 nitrogen and oxygen atoms in total. The van der Waals surface area contributed by atoms with Gasteiger partial charge in [-0.05, 0) is 116 Å². The van der Waals surface area contributed by atoms with Crippen LogP contribution in [0.25, 0.3) is 10.9 Å². The maximum absolute atomic E-state index is 13.6. The van der Waals surface area contributed by atoms with Crippen molar-refractivity contribution in [2.24, 2.45) is 5.92 Å². The fourth-order valence-corrected chi connectivity index (χ4v) is 6.35. The Hall–Kier alpha value is -3.32. The molecule has 7 heteroatoms. The summed E-state index contributed by atoms with van der Waals surface area (Å²) in [4.78, 5) is 19.2. The van der Waals surface area contributed by atoms with Gasteiger partial charge in [0.2, 0.25) is 0 Å². The Morgan fingerprint density at radius 3 is 2.46 bits per heavy atom. The fourth-order valence-electron chi connectivity index (χ4n) is 6.35. The Morgan fingerprint density at radius 1 is 0.973 bits per heavy atom. The molecule has 2 aromatic heterocycles. The topological polar surface area (TPSA) is 79.7 Å². The van der Waals surface area contributed by atoms with Gasteiger partial charge in [-0.15, -0.1) is 5.10 Å². The van der Waals surface area contributed by atoms with Crippen molar-refractivity contribution in [2.45, 2.75) is 70.9 Å². The van der Waals surface area contributed by atoms with Gasteiger partial charge >= 0.3 is 0 Å². The second-order valence-electron chi connectivity index (χ2n) is 11.1. The number of H-pyrrole nitrogens is 1. The van der Waals surface area contributed by atoms with Crippen molar-refractivity contribution >= 4 is 10.9 Å². The highest BCUT2D eigenvalue weighted by atomic mass is 16.1. The van der Waals surface area contributed by atoms with E-state index in [4.69, 9.17) is 0 Å². The standard InChI is InChI=1S/C30H36N6O/c1-20-16-24-19-26(30(37)31-27(24)17-21(20)2)28(29-32-33-34-36(29)25-10-6-7-11-25)35-14-12-23(13-15-35)18-22-8-4-3-5-9-22/h3-5,8-9,16-17,19,23,25,28H,6-7,10-15,18H2,1-2H3,(H,31,37). The molecule has 2 fully saturated rings. The largest absolute Gasteiger partial charge is 0.322 e. The third-order valence-corrected chi connectivity index (χ3v) is 8.60. The van der Waals surface area contributed by atoms with E-state index in [1.807, 2.05) is 4.68 Å². The molecule has 0 bridgehead atoms. The Morgan fingerprint density at radius 2 is 1.70 bits per heavy atom. The van der Waals surface area contributed by atoms with Crippen LogP contribution in [0.5, 0.6) is 0 Å². The number of rotatable bonds is 6. The van der Waals surface area contributed by atoms with Gasteiger partial charge in [-0.3, -0.25) is 9.69 Å². The molecule has 0 radical (unpaired) electrons.